The van der Waals surface area contributed by atoms with Crippen LogP contribution < -0.4 is 10.6 Å². The number of anilines is 2. The molecule has 2 saturated heterocycles. The van der Waals surface area contributed by atoms with Crippen molar-refractivity contribution in [1.29, 1.82) is 0 Å². The van der Waals surface area contributed by atoms with E-state index in [1.54, 1.807) is 9.80 Å². The summed E-state index contributed by atoms with van der Waals surface area (Å²) in [5.74, 6) is 0.806. The summed E-state index contributed by atoms with van der Waals surface area (Å²) in [7, 11) is 0. The van der Waals surface area contributed by atoms with Gasteiger partial charge in [0.05, 0.1) is 36.2 Å². The summed E-state index contributed by atoms with van der Waals surface area (Å²) in [6.45, 7) is 0.639. The van der Waals surface area contributed by atoms with Crippen molar-refractivity contribution >= 4 is 79.8 Å². The predicted octanol–water partition coefficient (Wildman–Crippen LogP) is 2.15. The maximum Gasteiger partial charge on any atom is 0.239 e. The van der Waals surface area contributed by atoms with Crippen molar-refractivity contribution in [3.63, 3.8) is 0 Å². The highest BCUT2D eigenvalue weighted by atomic mass is 32.2. The Kier molecular flexibility index (Phi) is 5.59. The number of benzene rings is 1. The van der Waals surface area contributed by atoms with Crippen LogP contribution in [-0.4, -0.2) is 55.1 Å². The lowest BCUT2D eigenvalue weighted by atomic mass is 10.2. The number of hydrogen-bond acceptors (Lipinski definition) is 8. The molecule has 2 N–H and O–H groups in total. The Morgan fingerprint density at radius 2 is 1.29 bits per heavy atom. The lowest BCUT2D eigenvalue weighted by molar-refractivity contribution is -0.124. The average Bonchev–Trinajstić information content (AvgIpc) is 3.07. The van der Waals surface area contributed by atoms with Gasteiger partial charge < -0.3 is 10.6 Å². The highest BCUT2D eigenvalue weighted by molar-refractivity contribution is 8.24. The number of thiocarbonyl (C=S) groups is 2. The van der Waals surface area contributed by atoms with Crippen LogP contribution in [0.1, 0.15) is 0 Å². The van der Waals surface area contributed by atoms with Crippen molar-refractivity contribution in [2.24, 2.45) is 0 Å². The third-order valence-electron chi connectivity index (χ3n) is 3.46. The van der Waals surface area contributed by atoms with Gasteiger partial charge in [0.1, 0.15) is 8.64 Å². The van der Waals surface area contributed by atoms with Gasteiger partial charge in [0.2, 0.25) is 11.8 Å². The lowest BCUT2D eigenvalue weighted by Crippen LogP contribution is -2.34. The zero-order valence-corrected chi connectivity index (χ0v) is 15.7. The van der Waals surface area contributed by atoms with Crippen LogP contribution in [-0.2, 0) is 9.59 Å². The minimum atomic E-state index is 0.00739. The van der Waals surface area contributed by atoms with Crippen molar-refractivity contribution < 1.29 is 9.59 Å². The molecule has 2 fully saturated rings. The van der Waals surface area contributed by atoms with E-state index in [9.17, 15) is 9.59 Å². The van der Waals surface area contributed by atoms with Crippen LogP contribution in [0.25, 0.3) is 0 Å². The SMILES string of the molecule is O=C1CSC(=S)N1CNc1ccccc1NCN1C(=O)CSC1=S. The number of hydrogen-bond donors (Lipinski definition) is 2. The fraction of sp³-hybridized carbons (Fsp3) is 0.286. The molecule has 6 nitrogen and oxygen atoms in total. The molecule has 0 spiro atoms. The second kappa shape index (κ2) is 7.68. The Bertz CT molecular complexity index is 621. The van der Waals surface area contributed by atoms with Gasteiger partial charge in [0.25, 0.3) is 0 Å². The molecule has 24 heavy (non-hydrogen) atoms. The van der Waals surface area contributed by atoms with Crippen molar-refractivity contribution in [3.8, 4) is 0 Å². The number of carbonyl (C=O) groups is 2. The number of amides is 2. The van der Waals surface area contributed by atoms with Gasteiger partial charge in [-0.1, -0.05) is 60.1 Å². The molecule has 2 heterocycles. The number of thioether (sulfide) groups is 2. The van der Waals surface area contributed by atoms with Crippen LogP contribution in [0.5, 0.6) is 0 Å². The zero-order valence-electron chi connectivity index (χ0n) is 12.5. The van der Waals surface area contributed by atoms with Crippen molar-refractivity contribution in [2.45, 2.75) is 0 Å². The third-order valence-corrected chi connectivity index (χ3v) is 6.33. The molecule has 3 rings (SSSR count). The first-order valence-corrected chi connectivity index (χ1v) is 9.86. The van der Waals surface area contributed by atoms with Crippen LogP contribution in [0.3, 0.4) is 0 Å². The molecular formula is C14H14N4O2S4. The second-order valence-electron chi connectivity index (χ2n) is 4.97. The van der Waals surface area contributed by atoms with Crippen LogP contribution in [0.4, 0.5) is 11.4 Å². The van der Waals surface area contributed by atoms with Crippen LogP contribution in [0, 0.1) is 0 Å². The molecule has 126 valence electrons. The Hall–Kier alpha value is -1.36. The minimum absolute atomic E-state index is 0.00739. The monoisotopic (exact) mass is 398 g/mol. The molecular weight excluding hydrogens is 384 g/mol. The van der Waals surface area contributed by atoms with Gasteiger partial charge in [-0.2, -0.15) is 0 Å². The number of para-hydroxylation sites is 2. The van der Waals surface area contributed by atoms with E-state index in [1.165, 1.54) is 23.5 Å². The molecule has 0 radical (unpaired) electrons. The first kappa shape index (κ1) is 17.5. The van der Waals surface area contributed by atoms with Crippen molar-refractivity contribution in [3.05, 3.63) is 24.3 Å². The number of rotatable bonds is 6. The molecule has 0 bridgehead atoms. The molecule has 0 unspecified atom stereocenters. The zero-order chi connectivity index (χ0) is 17.1. The topological polar surface area (TPSA) is 64.7 Å². The van der Waals surface area contributed by atoms with Gasteiger partial charge in [-0.15, -0.1) is 0 Å². The maximum absolute atomic E-state index is 11.8. The lowest BCUT2D eigenvalue weighted by Gasteiger charge is -2.21. The fourth-order valence-corrected chi connectivity index (χ4v) is 4.32. The van der Waals surface area contributed by atoms with Crippen molar-refractivity contribution in [1.82, 2.24) is 9.80 Å². The smallest absolute Gasteiger partial charge is 0.239 e. The summed E-state index contributed by atoms with van der Waals surface area (Å²) in [4.78, 5) is 26.6. The van der Waals surface area contributed by atoms with E-state index in [0.29, 0.717) is 33.5 Å². The quantitative estimate of drug-likeness (QED) is 0.707. The van der Waals surface area contributed by atoms with Gasteiger partial charge in [0.15, 0.2) is 0 Å². The number of carbonyl (C=O) groups excluding carboxylic acids is 2. The molecule has 1 aromatic carbocycles. The van der Waals surface area contributed by atoms with Crippen LogP contribution >= 0.6 is 48.0 Å². The van der Waals surface area contributed by atoms with Crippen LogP contribution in [0.2, 0.25) is 0 Å². The molecule has 2 aliphatic heterocycles. The molecule has 0 saturated carbocycles. The Labute approximate surface area is 158 Å². The Balaban J connectivity index is 1.62. The van der Waals surface area contributed by atoms with Gasteiger partial charge >= 0.3 is 0 Å². The van der Waals surface area contributed by atoms with E-state index in [0.717, 1.165) is 11.4 Å². The Morgan fingerprint density at radius 1 is 0.875 bits per heavy atom. The Morgan fingerprint density at radius 3 is 1.62 bits per heavy atom. The van der Waals surface area contributed by atoms with E-state index in [-0.39, 0.29) is 11.8 Å². The van der Waals surface area contributed by atoms with E-state index in [2.05, 4.69) is 10.6 Å². The van der Waals surface area contributed by atoms with Crippen molar-refractivity contribution in [2.75, 3.05) is 35.5 Å². The predicted molar refractivity (Wildman–Crippen MR) is 107 cm³/mol. The normalized spacial score (nSPS) is 17.8. The first-order valence-electron chi connectivity index (χ1n) is 7.07. The first-order chi connectivity index (χ1) is 11.6. The summed E-state index contributed by atoms with van der Waals surface area (Å²) in [6.07, 6.45) is 0. The summed E-state index contributed by atoms with van der Waals surface area (Å²) in [5.41, 5.74) is 1.66. The number of nitrogens with one attached hydrogen (secondary N) is 2. The van der Waals surface area contributed by atoms with Crippen LogP contribution in [0.15, 0.2) is 24.3 Å². The van der Waals surface area contributed by atoms with E-state index < -0.39 is 0 Å². The minimum Gasteiger partial charge on any atom is -0.366 e. The highest BCUT2D eigenvalue weighted by Crippen LogP contribution is 2.25. The average molecular weight is 399 g/mol. The molecule has 1 aromatic rings. The summed E-state index contributed by atoms with van der Waals surface area (Å²) >= 11 is 13.1. The van der Waals surface area contributed by atoms with Gasteiger partial charge in [-0.3, -0.25) is 19.4 Å². The molecule has 0 aromatic heterocycles. The highest BCUT2D eigenvalue weighted by Gasteiger charge is 2.27. The fourth-order valence-electron chi connectivity index (χ4n) is 2.19. The maximum atomic E-state index is 11.8. The molecule has 0 atom stereocenters. The molecule has 10 heteroatoms. The van der Waals surface area contributed by atoms with E-state index in [4.69, 9.17) is 24.4 Å². The largest absolute Gasteiger partial charge is 0.366 e. The van der Waals surface area contributed by atoms with E-state index in [1.807, 2.05) is 24.3 Å². The molecule has 0 aliphatic carbocycles. The molecule has 2 amide bonds. The summed E-state index contributed by atoms with van der Waals surface area (Å²) in [6, 6.07) is 7.59. The molecule has 2 aliphatic rings. The van der Waals surface area contributed by atoms with Gasteiger partial charge in [0, 0.05) is 0 Å². The van der Waals surface area contributed by atoms with E-state index >= 15 is 0 Å². The number of nitrogens with zero attached hydrogens (tertiary/aromatic N) is 2. The third kappa shape index (κ3) is 3.82. The van der Waals surface area contributed by atoms with Gasteiger partial charge in [-0.25, -0.2) is 0 Å². The van der Waals surface area contributed by atoms with Gasteiger partial charge in [-0.05, 0) is 12.1 Å². The second-order valence-corrected chi connectivity index (χ2v) is 8.19. The summed E-state index contributed by atoms with van der Waals surface area (Å²) < 4.78 is 1.17. The summed E-state index contributed by atoms with van der Waals surface area (Å²) in [5, 5.41) is 6.43. The standard InChI is InChI=1S/C14H14N4O2S4/c19-11-5-23-13(21)17(11)7-15-9-3-1-2-4-10(9)16-8-18-12(20)6-24-14(18)22/h1-4,15-16H,5-8H2.